The predicted molar refractivity (Wildman–Crippen MR) is 71.9 cm³/mol. The normalized spacial score (nSPS) is 10.3. The van der Waals surface area contributed by atoms with Gasteiger partial charge in [0.15, 0.2) is 0 Å². The highest BCUT2D eigenvalue weighted by atomic mass is 15.1. The quantitative estimate of drug-likeness (QED) is 0.758. The van der Waals surface area contributed by atoms with Gasteiger partial charge >= 0.3 is 0 Å². The molecule has 0 unspecified atom stereocenters. The molecule has 0 aliphatic heterocycles. The lowest BCUT2D eigenvalue weighted by Crippen LogP contribution is -2.08. The van der Waals surface area contributed by atoms with E-state index in [2.05, 4.69) is 25.3 Å². The minimum absolute atomic E-state index is 0.434. The maximum Gasteiger partial charge on any atom is 0.233 e. The zero-order valence-corrected chi connectivity index (χ0v) is 10.6. The number of aromatic nitrogens is 5. The molecule has 0 saturated heterocycles. The van der Waals surface area contributed by atoms with Crippen LogP contribution >= 0.6 is 0 Å². The molecule has 0 fully saturated rings. The first kappa shape index (κ1) is 12.0. The molecule has 0 aromatic carbocycles. The topological polar surface area (TPSA) is 91.8 Å². The van der Waals surface area contributed by atoms with Crippen LogP contribution in [0.15, 0.2) is 37.2 Å². The Morgan fingerprint density at radius 1 is 1.35 bits per heavy atom. The van der Waals surface area contributed by atoms with Crippen molar-refractivity contribution in [3.63, 3.8) is 0 Å². The minimum Gasteiger partial charge on any atom is -0.368 e. The van der Waals surface area contributed by atoms with E-state index >= 15 is 0 Å². The number of imidazole rings is 1. The molecule has 0 spiro atoms. The van der Waals surface area contributed by atoms with Gasteiger partial charge in [0.1, 0.15) is 23.8 Å². The summed E-state index contributed by atoms with van der Waals surface area (Å²) < 4.78 is 1.88. The van der Waals surface area contributed by atoms with E-state index in [0.29, 0.717) is 23.7 Å². The Balaban J connectivity index is 1.66. The summed E-state index contributed by atoms with van der Waals surface area (Å²) in [5.41, 5.74) is 1.37. The van der Waals surface area contributed by atoms with E-state index in [1.165, 1.54) is 12.5 Å². The summed E-state index contributed by atoms with van der Waals surface area (Å²) in [5.74, 6) is 1.23. The van der Waals surface area contributed by atoms with Crippen molar-refractivity contribution in [2.45, 2.75) is 6.42 Å². The molecule has 0 aliphatic carbocycles. The zero-order chi connectivity index (χ0) is 13.8. The van der Waals surface area contributed by atoms with Crippen molar-refractivity contribution in [2.75, 3.05) is 11.9 Å². The van der Waals surface area contributed by atoms with Gasteiger partial charge in [-0.25, -0.2) is 19.9 Å². The molecule has 0 saturated carbocycles. The molecule has 20 heavy (non-hydrogen) atoms. The van der Waals surface area contributed by atoms with Gasteiger partial charge in [0, 0.05) is 31.6 Å². The number of nitriles is 1. The highest BCUT2D eigenvalue weighted by Gasteiger charge is 2.04. The van der Waals surface area contributed by atoms with Gasteiger partial charge in [-0.15, -0.1) is 0 Å². The summed E-state index contributed by atoms with van der Waals surface area (Å²) >= 11 is 0. The summed E-state index contributed by atoms with van der Waals surface area (Å²) in [5, 5.41) is 12.0. The van der Waals surface area contributed by atoms with Crippen LogP contribution in [0.2, 0.25) is 0 Å². The van der Waals surface area contributed by atoms with Crippen molar-refractivity contribution in [3.8, 4) is 6.07 Å². The fourth-order valence-corrected chi connectivity index (χ4v) is 1.86. The van der Waals surface area contributed by atoms with E-state index in [4.69, 9.17) is 5.26 Å². The molecule has 1 N–H and O–H groups in total. The zero-order valence-electron chi connectivity index (χ0n) is 10.6. The van der Waals surface area contributed by atoms with E-state index in [-0.39, 0.29) is 0 Å². The monoisotopic (exact) mass is 265 g/mol. The van der Waals surface area contributed by atoms with Gasteiger partial charge in [-0.05, 0) is 6.07 Å². The lowest BCUT2D eigenvalue weighted by molar-refractivity contribution is 0.963. The Kier molecular flexibility index (Phi) is 3.20. The number of hydrogen-bond donors (Lipinski definition) is 1. The smallest absolute Gasteiger partial charge is 0.233 e. The van der Waals surface area contributed by atoms with Gasteiger partial charge in [0.2, 0.25) is 5.78 Å². The molecule has 0 atom stereocenters. The molecule has 98 valence electrons. The van der Waals surface area contributed by atoms with Crippen LogP contribution in [0.25, 0.3) is 5.78 Å². The molecule has 3 aromatic heterocycles. The van der Waals surface area contributed by atoms with Crippen molar-refractivity contribution in [1.29, 1.82) is 5.26 Å². The molecule has 3 aromatic rings. The van der Waals surface area contributed by atoms with E-state index < -0.39 is 0 Å². The van der Waals surface area contributed by atoms with Crippen molar-refractivity contribution >= 4 is 11.6 Å². The maximum atomic E-state index is 8.94. The maximum absolute atomic E-state index is 8.94. The lowest BCUT2D eigenvalue weighted by atomic mass is 10.3. The molecule has 7 nitrogen and oxygen atoms in total. The molecular weight excluding hydrogens is 254 g/mol. The number of hydrogen-bond acceptors (Lipinski definition) is 6. The second kappa shape index (κ2) is 5.32. The van der Waals surface area contributed by atoms with Crippen LogP contribution in [-0.4, -0.2) is 30.9 Å². The highest BCUT2D eigenvalue weighted by Crippen LogP contribution is 2.08. The van der Waals surface area contributed by atoms with Crippen LogP contribution in [-0.2, 0) is 6.42 Å². The second-order valence-corrected chi connectivity index (χ2v) is 4.13. The second-order valence-electron chi connectivity index (χ2n) is 4.13. The summed E-state index contributed by atoms with van der Waals surface area (Å²) in [6, 6.07) is 3.91. The first-order valence-electron chi connectivity index (χ1n) is 6.09. The van der Waals surface area contributed by atoms with E-state index in [0.717, 1.165) is 12.1 Å². The third-order valence-electron chi connectivity index (χ3n) is 2.79. The Labute approximate surface area is 115 Å². The van der Waals surface area contributed by atoms with Crippen LogP contribution in [0.4, 0.5) is 5.82 Å². The van der Waals surface area contributed by atoms with Crippen LogP contribution in [0.3, 0.4) is 0 Å². The largest absolute Gasteiger partial charge is 0.368 e. The Morgan fingerprint density at radius 3 is 3.15 bits per heavy atom. The van der Waals surface area contributed by atoms with Gasteiger partial charge < -0.3 is 5.32 Å². The lowest BCUT2D eigenvalue weighted by Gasteiger charge is -2.04. The van der Waals surface area contributed by atoms with Gasteiger partial charge in [-0.2, -0.15) is 5.26 Å². The Bertz CT molecular complexity index is 738. The summed E-state index contributed by atoms with van der Waals surface area (Å²) in [6.45, 7) is 0.634. The summed E-state index contributed by atoms with van der Waals surface area (Å²) in [7, 11) is 0. The van der Waals surface area contributed by atoms with Crippen molar-refractivity contribution in [3.05, 3.63) is 48.4 Å². The van der Waals surface area contributed by atoms with Crippen LogP contribution < -0.4 is 5.32 Å². The fraction of sp³-hybridized carbons (Fsp3) is 0.154. The summed E-state index contributed by atoms with van der Waals surface area (Å²) in [4.78, 5) is 16.4. The van der Waals surface area contributed by atoms with Crippen LogP contribution in [0.5, 0.6) is 0 Å². The number of fused-ring (bicyclic) bond motifs is 1. The van der Waals surface area contributed by atoms with Crippen molar-refractivity contribution < 1.29 is 0 Å². The van der Waals surface area contributed by atoms with Crippen LogP contribution in [0.1, 0.15) is 11.3 Å². The molecule has 0 bridgehead atoms. The number of nitrogens with one attached hydrogen (secondary N) is 1. The molecular formula is C13H11N7. The standard InChI is InChI=1S/C13H11N7/c14-6-10-7-15-9-18-12(10)16-4-2-11-8-20-5-1-3-17-13(20)19-11/h1,3,5,7-9H,2,4H2,(H,15,16,18). The average Bonchev–Trinajstić information content (AvgIpc) is 2.90. The summed E-state index contributed by atoms with van der Waals surface area (Å²) in [6.07, 6.45) is 9.19. The Morgan fingerprint density at radius 2 is 2.30 bits per heavy atom. The van der Waals surface area contributed by atoms with E-state index in [9.17, 15) is 0 Å². The first-order chi connectivity index (χ1) is 9.86. The predicted octanol–water partition coefficient (Wildman–Crippen LogP) is 1.05. The third-order valence-corrected chi connectivity index (χ3v) is 2.79. The molecule has 0 radical (unpaired) electrons. The van der Waals surface area contributed by atoms with Crippen molar-refractivity contribution in [2.24, 2.45) is 0 Å². The Hall–Kier alpha value is -3.01. The average molecular weight is 265 g/mol. The van der Waals surface area contributed by atoms with Crippen LogP contribution in [0, 0.1) is 11.3 Å². The molecule has 7 heteroatoms. The number of rotatable bonds is 4. The first-order valence-corrected chi connectivity index (χ1v) is 6.09. The molecule has 0 amide bonds. The van der Waals surface area contributed by atoms with E-state index in [1.54, 1.807) is 6.20 Å². The van der Waals surface area contributed by atoms with Gasteiger partial charge in [-0.1, -0.05) is 0 Å². The number of anilines is 1. The highest BCUT2D eigenvalue weighted by molar-refractivity contribution is 5.49. The number of nitrogens with zero attached hydrogens (tertiary/aromatic N) is 6. The minimum atomic E-state index is 0.434. The SMILES string of the molecule is N#Cc1cncnc1NCCc1cn2cccnc2n1. The molecule has 3 heterocycles. The molecule has 3 rings (SSSR count). The van der Waals surface area contributed by atoms with E-state index in [1.807, 2.05) is 28.9 Å². The van der Waals surface area contributed by atoms with Gasteiger partial charge in [0.25, 0.3) is 0 Å². The van der Waals surface area contributed by atoms with Crippen molar-refractivity contribution in [1.82, 2.24) is 24.3 Å². The third kappa shape index (κ3) is 2.40. The molecule has 0 aliphatic rings. The van der Waals surface area contributed by atoms with Gasteiger partial charge in [-0.3, -0.25) is 4.40 Å². The fourth-order valence-electron chi connectivity index (χ4n) is 1.86. The van der Waals surface area contributed by atoms with Gasteiger partial charge in [0.05, 0.1) is 11.9 Å².